The van der Waals surface area contributed by atoms with E-state index in [2.05, 4.69) is 17.2 Å². The van der Waals surface area contributed by atoms with Gasteiger partial charge in [-0.25, -0.2) is 0 Å². The summed E-state index contributed by atoms with van der Waals surface area (Å²) in [7, 11) is 1.67. The summed E-state index contributed by atoms with van der Waals surface area (Å²) in [6.45, 7) is 3.07. The van der Waals surface area contributed by atoms with E-state index in [4.69, 9.17) is 5.73 Å². The van der Waals surface area contributed by atoms with Crippen molar-refractivity contribution in [2.45, 2.75) is 19.8 Å². The van der Waals surface area contributed by atoms with Gasteiger partial charge in [0.2, 0.25) is 0 Å². The molecule has 0 unspecified atom stereocenters. The minimum atomic E-state index is 0. The molecule has 0 bridgehead atoms. The van der Waals surface area contributed by atoms with Gasteiger partial charge in [-0.3, -0.25) is 4.99 Å². The van der Waals surface area contributed by atoms with E-state index in [1.165, 1.54) is 6.42 Å². The van der Waals surface area contributed by atoms with Crippen LogP contribution in [0.2, 0.25) is 0 Å². The maximum Gasteiger partial charge on any atom is 0.188 e. The van der Waals surface area contributed by atoms with Crippen LogP contribution in [0.25, 0.3) is 0 Å². The molecule has 0 rings (SSSR count). The summed E-state index contributed by atoms with van der Waals surface area (Å²) >= 11 is 0. The van der Waals surface area contributed by atoms with Crippen molar-refractivity contribution >= 4 is 18.4 Å². The van der Waals surface area contributed by atoms with E-state index in [0.29, 0.717) is 5.96 Å². The maximum atomic E-state index is 5.35. The van der Waals surface area contributed by atoms with Gasteiger partial charge in [-0.05, 0) is 6.42 Å². The molecule has 0 aromatic heterocycles. The fourth-order valence-corrected chi connectivity index (χ4v) is 0.472. The number of guanidine groups is 1. The minimum absolute atomic E-state index is 0. The Morgan fingerprint density at radius 1 is 1.60 bits per heavy atom. The molecule has 3 N–H and O–H groups in total. The Kier molecular flexibility index (Phi) is 10.5. The van der Waals surface area contributed by atoms with Gasteiger partial charge in [-0.15, -0.1) is 12.4 Å². The predicted octanol–water partition coefficient (Wildman–Crippen LogP) is 0.742. The van der Waals surface area contributed by atoms with Crippen LogP contribution in [0, 0.1) is 0 Å². The quantitative estimate of drug-likeness (QED) is 0.368. The van der Waals surface area contributed by atoms with Gasteiger partial charge in [0.05, 0.1) is 0 Å². The molecular formula is C6H16ClN3. The first-order chi connectivity index (χ1) is 4.31. The molecule has 62 valence electrons. The maximum absolute atomic E-state index is 5.35. The van der Waals surface area contributed by atoms with Crippen LogP contribution in [-0.2, 0) is 0 Å². The van der Waals surface area contributed by atoms with E-state index in [1.54, 1.807) is 7.05 Å². The molecule has 0 aromatic carbocycles. The average Bonchev–Trinajstić information content (AvgIpc) is 1.89. The first-order valence-electron chi connectivity index (χ1n) is 3.27. The molecule has 0 saturated heterocycles. The summed E-state index contributed by atoms with van der Waals surface area (Å²) in [6.07, 6.45) is 2.33. The largest absolute Gasteiger partial charge is 0.370 e. The summed E-state index contributed by atoms with van der Waals surface area (Å²) in [6, 6.07) is 0. The highest BCUT2D eigenvalue weighted by Crippen LogP contribution is 1.80. The van der Waals surface area contributed by atoms with Crippen molar-refractivity contribution in [2.75, 3.05) is 13.6 Å². The molecule has 4 heteroatoms. The number of unbranched alkanes of at least 4 members (excludes halogenated alkanes) is 1. The van der Waals surface area contributed by atoms with Crippen molar-refractivity contribution in [3.63, 3.8) is 0 Å². The van der Waals surface area contributed by atoms with Gasteiger partial charge in [0.25, 0.3) is 0 Å². The second-order valence-corrected chi connectivity index (χ2v) is 1.89. The van der Waals surface area contributed by atoms with Crippen LogP contribution in [0.15, 0.2) is 4.99 Å². The molecule has 0 aliphatic carbocycles. The lowest BCUT2D eigenvalue weighted by atomic mass is 10.3. The predicted molar refractivity (Wildman–Crippen MR) is 47.7 cm³/mol. The molecule has 0 aromatic rings. The van der Waals surface area contributed by atoms with E-state index < -0.39 is 0 Å². The Hall–Kier alpha value is -0.440. The van der Waals surface area contributed by atoms with Gasteiger partial charge in [-0.2, -0.15) is 0 Å². The number of nitrogens with zero attached hydrogens (tertiary/aromatic N) is 1. The van der Waals surface area contributed by atoms with Gasteiger partial charge >= 0.3 is 0 Å². The van der Waals surface area contributed by atoms with Crippen molar-refractivity contribution in [2.24, 2.45) is 10.7 Å². The van der Waals surface area contributed by atoms with Crippen LogP contribution >= 0.6 is 12.4 Å². The fraction of sp³-hybridized carbons (Fsp3) is 0.833. The van der Waals surface area contributed by atoms with Crippen LogP contribution in [0.4, 0.5) is 0 Å². The Labute approximate surface area is 68.5 Å². The molecule has 0 atom stereocenters. The first-order valence-corrected chi connectivity index (χ1v) is 3.27. The smallest absolute Gasteiger partial charge is 0.188 e. The van der Waals surface area contributed by atoms with Gasteiger partial charge in [0, 0.05) is 13.6 Å². The summed E-state index contributed by atoms with van der Waals surface area (Å²) in [5.41, 5.74) is 5.35. The van der Waals surface area contributed by atoms with Crippen molar-refractivity contribution in [3.8, 4) is 0 Å². The molecule has 3 nitrogen and oxygen atoms in total. The zero-order valence-corrected chi connectivity index (χ0v) is 7.37. The van der Waals surface area contributed by atoms with Gasteiger partial charge in [-0.1, -0.05) is 13.3 Å². The van der Waals surface area contributed by atoms with Crippen LogP contribution in [0.1, 0.15) is 19.8 Å². The van der Waals surface area contributed by atoms with Crippen LogP contribution < -0.4 is 11.1 Å². The van der Waals surface area contributed by atoms with Gasteiger partial charge in [0.1, 0.15) is 0 Å². The highest BCUT2D eigenvalue weighted by molar-refractivity contribution is 5.85. The Balaban J connectivity index is 0. The average molecular weight is 166 g/mol. The lowest BCUT2D eigenvalue weighted by molar-refractivity contribution is 0.750. The molecule has 0 aliphatic heterocycles. The van der Waals surface area contributed by atoms with Gasteiger partial charge in [0.15, 0.2) is 5.96 Å². The number of halogens is 1. The van der Waals surface area contributed by atoms with E-state index in [0.717, 1.165) is 13.0 Å². The van der Waals surface area contributed by atoms with E-state index >= 15 is 0 Å². The third-order valence-electron chi connectivity index (χ3n) is 1.08. The van der Waals surface area contributed by atoms with Crippen molar-refractivity contribution < 1.29 is 0 Å². The lowest BCUT2D eigenvalue weighted by Gasteiger charge is -2.01. The highest BCUT2D eigenvalue weighted by atomic mass is 35.5. The van der Waals surface area contributed by atoms with E-state index in [1.807, 2.05) is 0 Å². The van der Waals surface area contributed by atoms with E-state index in [9.17, 15) is 0 Å². The number of aliphatic imine (C=N–C) groups is 1. The molecule has 0 heterocycles. The molecule has 10 heavy (non-hydrogen) atoms. The monoisotopic (exact) mass is 165 g/mol. The Morgan fingerprint density at radius 2 is 2.20 bits per heavy atom. The molecule has 0 spiro atoms. The number of hydrogen-bond donors (Lipinski definition) is 2. The Bertz CT molecular complexity index is 93.0. The zero-order chi connectivity index (χ0) is 7.11. The summed E-state index contributed by atoms with van der Waals surface area (Å²) < 4.78 is 0. The van der Waals surface area contributed by atoms with Crippen LogP contribution in [-0.4, -0.2) is 19.6 Å². The minimum Gasteiger partial charge on any atom is -0.370 e. The number of rotatable bonds is 3. The van der Waals surface area contributed by atoms with Crippen molar-refractivity contribution in [1.29, 1.82) is 0 Å². The van der Waals surface area contributed by atoms with Crippen molar-refractivity contribution in [3.05, 3.63) is 0 Å². The number of nitrogens with two attached hydrogens (primary N) is 1. The molecular weight excluding hydrogens is 150 g/mol. The topological polar surface area (TPSA) is 50.4 Å². The van der Waals surface area contributed by atoms with Gasteiger partial charge < -0.3 is 11.1 Å². The highest BCUT2D eigenvalue weighted by Gasteiger charge is 1.84. The third kappa shape index (κ3) is 7.56. The standard InChI is InChI=1S/C6H15N3.ClH/c1-3-4-5-9-6(7)8-2;/h3-5H2,1-2H3,(H3,7,8,9);1H. The van der Waals surface area contributed by atoms with Crippen LogP contribution in [0.5, 0.6) is 0 Å². The number of hydrogen-bond acceptors (Lipinski definition) is 1. The number of nitrogens with one attached hydrogen (secondary N) is 1. The molecule has 0 radical (unpaired) electrons. The second kappa shape index (κ2) is 8.56. The normalized spacial score (nSPS) is 10.4. The summed E-state index contributed by atoms with van der Waals surface area (Å²) in [5.74, 6) is 0.531. The zero-order valence-electron chi connectivity index (χ0n) is 6.55. The Morgan fingerprint density at radius 3 is 2.60 bits per heavy atom. The SMILES string of the molecule is CCCCNC(N)=NC.Cl. The fourth-order valence-electron chi connectivity index (χ4n) is 0.472. The second-order valence-electron chi connectivity index (χ2n) is 1.89. The summed E-state index contributed by atoms with van der Waals surface area (Å²) in [5, 5.41) is 2.96. The van der Waals surface area contributed by atoms with Crippen LogP contribution in [0.3, 0.4) is 0 Å². The molecule has 0 aliphatic rings. The molecule has 0 saturated carbocycles. The lowest BCUT2D eigenvalue weighted by Crippen LogP contribution is -2.31. The third-order valence-corrected chi connectivity index (χ3v) is 1.08. The molecule has 0 fully saturated rings. The molecule has 0 amide bonds. The first kappa shape index (κ1) is 12.3. The summed E-state index contributed by atoms with van der Waals surface area (Å²) in [4.78, 5) is 3.74. The van der Waals surface area contributed by atoms with Crippen molar-refractivity contribution in [1.82, 2.24) is 5.32 Å². The van der Waals surface area contributed by atoms with E-state index in [-0.39, 0.29) is 12.4 Å².